The number of amides is 3. The molecule has 0 saturated heterocycles. The number of carbonyl (C=O) groups excluding carboxylic acids is 3. The van der Waals surface area contributed by atoms with Gasteiger partial charge >= 0.3 is 0 Å². The van der Waals surface area contributed by atoms with E-state index in [9.17, 15) is 14.4 Å². The average molecular weight is 425 g/mol. The third kappa shape index (κ3) is 7.13. The largest absolute Gasteiger partial charge is 0.376 e. The van der Waals surface area contributed by atoms with Crippen molar-refractivity contribution in [1.82, 2.24) is 4.90 Å². The van der Waals surface area contributed by atoms with Gasteiger partial charge in [0.2, 0.25) is 11.8 Å². The Kier molecular flexibility index (Phi) is 8.19. The summed E-state index contributed by atoms with van der Waals surface area (Å²) in [4.78, 5) is 38.5. The summed E-state index contributed by atoms with van der Waals surface area (Å²) < 4.78 is 0. The number of carbonyl (C=O) groups is 3. The molecule has 2 aromatic rings. The van der Waals surface area contributed by atoms with Crippen molar-refractivity contribution in [3.8, 4) is 0 Å². The molecule has 0 spiro atoms. The highest BCUT2D eigenvalue weighted by atomic mass is 16.2. The van der Waals surface area contributed by atoms with Gasteiger partial charge < -0.3 is 20.9 Å². The van der Waals surface area contributed by atoms with E-state index in [2.05, 4.69) is 16.0 Å². The first-order valence-electron chi connectivity index (χ1n) is 10.5. The summed E-state index contributed by atoms with van der Waals surface area (Å²) in [6.45, 7) is 10.8. The third-order valence-electron chi connectivity index (χ3n) is 4.72. The summed E-state index contributed by atoms with van der Waals surface area (Å²) in [5.74, 6) is -0.319. The summed E-state index contributed by atoms with van der Waals surface area (Å²) >= 11 is 0. The predicted molar refractivity (Wildman–Crippen MR) is 125 cm³/mol. The molecule has 0 bridgehead atoms. The van der Waals surface area contributed by atoms with Crippen LogP contribution >= 0.6 is 0 Å². The summed E-state index contributed by atoms with van der Waals surface area (Å²) in [7, 11) is 0. The van der Waals surface area contributed by atoms with E-state index in [-0.39, 0.29) is 24.3 Å². The minimum absolute atomic E-state index is 0.0250. The number of rotatable bonds is 8. The quantitative estimate of drug-likeness (QED) is 0.592. The molecule has 31 heavy (non-hydrogen) atoms. The fourth-order valence-corrected chi connectivity index (χ4v) is 2.80. The molecule has 2 aromatic carbocycles. The lowest BCUT2D eigenvalue weighted by Crippen LogP contribution is -2.30. The highest BCUT2D eigenvalue weighted by molar-refractivity contribution is 5.97. The van der Waals surface area contributed by atoms with E-state index in [0.29, 0.717) is 30.0 Å². The normalized spacial score (nSPS) is 10.9. The van der Waals surface area contributed by atoms with Crippen molar-refractivity contribution in [2.24, 2.45) is 5.41 Å². The van der Waals surface area contributed by atoms with Crippen LogP contribution in [0.15, 0.2) is 48.5 Å². The molecule has 0 heterocycles. The fraction of sp³-hybridized carbons (Fsp3) is 0.375. The van der Waals surface area contributed by atoms with Crippen LogP contribution in [0.2, 0.25) is 0 Å². The van der Waals surface area contributed by atoms with Gasteiger partial charge in [-0.25, -0.2) is 0 Å². The van der Waals surface area contributed by atoms with Gasteiger partial charge in [0.15, 0.2) is 0 Å². The second-order valence-corrected chi connectivity index (χ2v) is 8.24. The predicted octanol–water partition coefficient (Wildman–Crippen LogP) is 4.20. The van der Waals surface area contributed by atoms with Crippen LogP contribution in [0.25, 0.3) is 0 Å². The molecule has 2 rings (SSSR count). The smallest absolute Gasteiger partial charge is 0.253 e. The molecule has 0 atom stereocenters. The van der Waals surface area contributed by atoms with E-state index in [1.54, 1.807) is 41.3 Å². The number of anilines is 3. The van der Waals surface area contributed by atoms with Gasteiger partial charge in [0, 0.05) is 41.1 Å². The lowest BCUT2D eigenvalue weighted by atomic mass is 9.95. The second kappa shape index (κ2) is 10.6. The van der Waals surface area contributed by atoms with E-state index in [1.807, 2.05) is 46.8 Å². The van der Waals surface area contributed by atoms with Crippen LogP contribution in [-0.2, 0) is 9.59 Å². The zero-order valence-corrected chi connectivity index (χ0v) is 18.9. The lowest BCUT2D eigenvalue weighted by molar-refractivity contribution is -0.123. The maximum Gasteiger partial charge on any atom is 0.253 e. The van der Waals surface area contributed by atoms with Crippen LogP contribution in [0.5, 0.6) is 0 Å². The molecule has 0 aliphatic heterocycles. The van der Waals surface area contributed by atoms with Crippen LogP contribution in [0, 0.1) is 5.41 Å². The SMILES string of the molecule is CCN(CC)C(=O)c1ccc(NC(=O)CNc2cccc(NC(=O)C(C)(C)C)c2)cc1. The molecule has 166 valence electrons. The number of nitrogens with zero attached hydrogens (tertiary/aromatic N) is 1. The minimum Gasteiger partial charge on any atom is -0.376 e. The van der Waals surface area contributed by atoms with Crippen molar-refractivity contribution in [3.05, 3.63) is 54.1 Å². The van der Waals surface area contributed by atoms with Crippen molar-refractivity contribution in [2.75, 3.05) is 35.6 Å². The number of hydrogen-bond acceptors (Lipinski definition) is 4. The molecule has 0 saturated carbocycles. The molecule has 7 nitrogen and oxygen atoms in total. The summed E-state index contributed by atoms with van der Waals surface area (Å²) in [6, 6.07) is 14.1. The minimum atomic E-state index is -0.491. The van der Waals surface area contributed by atoms with E-state index in [1.165, 1.54) is 0 Å². The molecular formula is C24H32N4O3. The number of benzene rings is 2. The Labute approximate surface area is 184 Å². The number of nitrogens with one attached hydrogen (secondary N) is 3. The first kappa shape index (κ1) is 23.9. The molecule has 0 aromatic heterocycles. The zero-order valence-electron chi connectivity index (χ0n) is 18.9. The monoisotopic (exact) mass is 424 g/mol. The van der Waals surface area contributed by atoms with Crippen LogP contribution < -0.4 is 16.0 Å². The highest BCUT2D eigenvalue weighted by Crippen LogP contribution is 2.20. The molecule has 0 aliphatic rings. The molecule has 3 amide bonds. The lowest BCUT2D eigenvalue weighted by Gasteiger charge is -2.18. The van der Waals surface area contributed by atoms with Gasteiger partial charge in [-0.15, -0.1) is 0 Å². The van der Waals surface area contributed by atoms with Gasteiger partial charge in [-0.1, -0.05) is 26.8 Å². The molecule has 0 fully saturated rings. The Hall–Kier alpha value is -3.35. The van der Waals surface area contributed by atoms with E-state index in [4.69, 9.17) is 0 Å². The van der Waals surface area contributed by atoms with E-state index in [0.717, 1.165) is 5.69 Å². The molecule has 0 unspecified atom stereocenters. The Morgan fingerprint density at radius 3 is 2.03 bits per heavy atom. The van der Waals surface area contributed by atoms with Gasteiger partial charge in [-0.3, -0.25) is 14.4 Å². The van der Waals surface area contributed by atoms with Gasteiger partial charge in [-0.05, 0) is 56.3 Å². The highest BCUT2D eigenvalue weighted by Gasteiger charge is 2.21. The Balaban J connectivity index is 1.90. The maximum atomic E-state index is 12.4. The topological polar surface area (TPSA) is 90.5 Å². The summed E-state index contributed by atoms with van der Waals surface area (Å²) in [6.07, 6.45) is 0. The Bertz CT molecular complexity index is 913. The molecule has 7 heteroatoms. The Morgan fingerprint density at radius 1 is 0.839 bits per heavy atom. The Morgan fingerprint density at radius 2 is 1.45 bits per heavy atom. The first-order chi connectivity index (χ1) is 14.6. The summed E-state index contributed by atoms with van der Waals surface area (Å²) in [5, 5.41) is 8.73. The van der Waals surface area contributed by atoms with Crippen LogP contribution in [-0.4, -0.2) is 42.3 Å². The van der Waals surface area contributed by atoms with Gasteiger partial charge in [0.25, 0.3) is 5.91 Å². The van der Waals surface area contributed by atoms with Crippen molar-refractivity contribution < 1.29 is 14.4 Å². The summed E-state index contributed by atoms with van der Waals surface area (Å²) in [5.41, 5.74) is 2.11. The van der Waals surface area contributed by atoms with Gasteiger partial charge in [-0.2, -0.15) is 0 Å². The van der Waals surface area contributed by atoms with Crippen molar-refractivity contribution in [3.63, 3.8) is 0 Å². The molecular weight excluding hydrogens is 392 g/mol. The number of hydrogen-bond donors (Lipinski definition) is 3. The molecule has 0 radical (unpaired) electrons. The first-order valence-corrected chi connectivity index (χ1v) is 10.5. The fourth-order valence-electron chi connectivity index (χ4n) is 2.80. The molecule has 0 aliphatic carbocycles. The van der Waals surface area contributed by atoms with Gasteiger partial charge in [0.1, 0.15) is 0 Å². The third-order valence-corrected chi connectivity index (χ3v) is 4.72. The van der Waals surface area contributed by atoms with E-state index < -0.39 is 5.41 Å². The zero-order chi connectivity index (χ0) is 23.0. The standard InChI is InChI=1S/C24H32N4O3/c1-6-28(7-2)22(30)17-11-13-18(14-12-17)26-21(29)16-25-19-9-8-10-20(15-19)27-23(31)24(3,4)5/h8-15,25H,6-7,16H2,1-5H3,(H,26,29)(H,27,31). The van der Waals surface area contributed by atoms with Crippen LogP contribution in [0.4, 0.5) is 17.1 Å². The van der Waals surface area contributed by atoms with Crippen LogP contribution in [0.1, 0.15) is 45.0 Å². The maximum absolute atomic E-state index is 12.4. The van der Waals surface area contributed by atoms with Crippen LogP contribution in [0.3, 0.4) is 0 Å². The van der Waals surface area contributed by atoms with Crippen molar-refractivity contribution in [2.45, 2.75) is 34.6 Å². The molecule has 3 N–H and O–H groups in total. The van der Waals surface area contributed by atoms with Crippen molar-refractivity contribution in [1.29, 1.82) is 0 Å². The van der Waals surface area contributed by atoms with Crippen molar-refractivity contribution >= 4 is 34.8 Å². The van der Waals surface area contributed by atoms with Gasteiger partial charge in [0.05, 0.1) is 6.54 Å². The second-order valence-electron chi connectivity index (χ2n) is 8.24. The average Bonchev–Trinajstić information content (AvgIpc) is 2.73. The van der Waals surface area contributed by atoms with E-state index >= 15 is 0 Å².